The van der Waals surface area contributed by atoms with Gasteiger partial charge in [0.1, 0.15) is 16.9 Å². The number of methoxy groups -OCH3 is 4. The maximum atomic E-state index is 10.4. The van der Waals surface area contributed by atoms with E-state index in [-0.39, 0.29) is 5.75 Å². The van der Waals surface area contributed by atoms with E-state index < -0.39 is 0 Å². The van der Waals surface area contributed by atoms with Crippen molar-refractivity contribution in [1.82, 2.24) is 0 Å². The summed E-state index contributed by atoms with van der Waals surface area (Å²) in [6.45, 7) is 1.87. The number of ether oxygens (including phenoxy) is 4. The van der Waals surface area contributed by atoms with Gasteiger partial charge in [0.15, 0.2) is 11.5 Å². The van der Waals surface area contributed by atoms with Crippen LogP contribution in [-0.4, -0.2) is 33.5 Å². The Kier molecular flexibility index (Phi) is 4.75. The van der Waals surface area contributed by atoms with Gasteiger partial charge in [-0.1, -0.05) is 0 Å². The van der Waals surface area contributed by atoms with Crippen LogP contribution < -0.4 is 18.9 Å². The maximum Gasteiger partial charge on any atom is 0.402 e. The average molecular weight is 357 g/mol. The molecule has 1 N–H and O–H groups in total. The summed E-state index contributed by atoms with van der Waals surface area (Å²) in [5.74, 6) is 2.82. The van der Waals surface area contributed by atoms with Gasteiger partial charge in [-0.05, 0) is 19.1 Å². The standard InChI is InChI=1S/C20H20O6/c1-11-18-14(21)9-13(22-2)10-17(18)26-20(19(11)25-5)12-6-7-15(23-3)16(8-12)24-4/h6-10H,1-5H3/p+1. The molecule has 0 bridgehead atoms. The normalized spacial score (nSPS) is 10.7. The van der Waals surface area contributed by atoms with E-state index in [4.69, 9.17) is 23.4 Å². The Morgan fingerprint density at radius 3 is 2.19 bits per heavy atom. The summed E-state index contributed by atoms with van der Waals surface area (Å²) < 4.78 is 27.5. The van der Waals surface area contributed by atoms with Crippen molar-refractivity contribution >= 4 is 11.0 Å². The number of aromatic hydroxyl groups is 1. The second kappa shape index (κ2) is 7.00. The number of benzene rings is 2. The zero-order chi connectivity index (χ0) is 18.8. The van der Waals surface area contributed by atoms with E-state index >= 15 is 0 Å². The van der Waals surface area contributed by atoms with Crippen molar-refractivity contribution in [2.45, 2.75) is 6.92 Å². The van der Waals surface area contributed by atoms with Gasteiger partial charge < -0.3 is 24.1 Å². The van der Waals surface area contributed by atoms with Crippen LogP contribution >= 0.6 is 0 Å². The largest absolute Gasteiger partial charge is 0.507 e. The van der Waals surface area contributed by atoms with Gasteiger partial charge in [-0.3, -0.25) is 0 Å². The molecule has 0 radical (unpaired) electrons. The van der Waals surface area contributed by atoms with Crippen molar-refractivity contribution in [3.63, 3.8) is 0 Å². The summed E-state index contributed by atoms with van der Waals surface area (Å²) >= 11 is 0. The average Bonchev–Trinajstić information content (AvgIpc) is 2.66. The fraction of sp³-hybridized carbons (Fsp3) is 0.250. The fourth-order valence-electron chi connectivity index (χ4n) is 3.00. The minimum absolute atomic E-state index is 0.0674. The quantitative estimate of drug-likeness (QED) is 0.681. The van der Waals surface area contributed by atoms with Crippen LogP contribution in [0, 0.1) is 6.92 Å². The molecule has 0 unspecified atom stereocenters. The highest BCUT2D eigenvalue weighted by Gasteiger charge is 2.29. The third-order valence-electron chi connectivity index (χ3n) is 4.27. The Morgan fingerprint density at radius 2 is 1.58 bits per heavy atom. The minimum atomic E-state index is 0.0674. The first-order chi connectivity index (χ1) is 12.5. The molecule has 0 atom stereocenters. The molecule has 0 saturated carbocycles. The van der Waals surface area contributed by atoms with Crippen molar-refractivity contribution < 1.29 is 28.5 Å². The lowest BCUT2D eigenvalue weighted by Crippen LogP contribution is -1.96. The molecule has 6 heteroatoms. The molecule has 26 heavy (non-hydrogen) atoms. The van der Waals surface area contributed by atoms with Crippen LogP contribution in [0.3, 0.4) is 0 Å². The lowest BCUT2D eigenvalue weighted by atomic mass is 10.0. The highest BCUT2D eigenvalue weighted by molar-refractivity contribution is 5.92. The third kappa shape index (κ3) is 2.83. The predicted molar refractivity (Wildman–Crippen MR) is 98.7 cm³/mol. The number of fused-ring (bicyclic) bond motifs is 1. The fourth-order valence-corrected chi connectivity index (χ4v) is 3.00. The number of aryl methyl sites for hydroxylation is 1. The number of hydrogen-bond acceptors (Lipinski definition) is 5. The van der Waals surface area contributed by atoms with Crippen LogP contribution in [-0.2, 0) is 0 Å². The summed E-state index contributed by atoms with van der Waals surface area (Å²) in [4.78, 5) is 0. The molecule has 0 amide bonds. The molecule has 6 nitrogen and oxygen atoms in total. The molecular formula is C20H21O6+. The highest BCUT2D eigenvalue weighted by atomic mass is 16.5. The molecule has 0 aliphatic heterocycles. The number of rotatable bonds is 5. The van der Waals surface area contributed by atoms with Gasteiger partial charge in [-0.2, -0.15) is 0 Å². The Hall–Kier alpha value is -3.15. The Morgan fingerprint density at radius 1 is 0.846 bits per heavy atom. The second-order valence-electron chi connectivity index (χ2n) is 5.68. The van der Waals surface area contributed by atoms with Gasteiger partial charge in [0, 0.05) is 17.7 Å². The topological polar surface area (TPSA) is 68.5 Å². The van der Waals surface area contributed by atoms with Crippen molar-refractivity contribution in [2.75, 3.05) is 28.4 Å². The Labute approximate surface area is 151 Å². The third-order valence-corrected chi connectivity index (χ3v) is 4.27. The van der Waals surface area contributed by atoms with Gasteiger partial charge in [-0.25, -0.2) is 4.42 Å². The molecule has 3 rings (SSSR count). The molecule has 0 saturated heterocycles. The Balaban J connectivity index is 2.32. The van der Waals surface area contributed by atoms with Crippen LogP contribution in [0.4, 0.5) is 0 Å². The first-order valence-electron chi connectivity index (χ1n) is 7.97. The summed E-state index contributed by atoms with van der Waals surface area (Å²) in [5.41, 5.74) is 2.01. The van der Waals surface area contributed by atoms with Crippen LogP contribution in [0.25, 0.3) is 22.3 Å². The summed E-state index contributed by atoms with van der Waals surface area (Å²) in [6, 6.07) is 8.73. The van der Waals surface area contributed by atoms with Crippen LogP contribution in [0.2, 0.25) is 0 Å². The molecule has 0 aliphatic carbocycles. The maximum absolute atomic E-state index is 10.4. The van der Waals surface area contributed by atoms with Gasteiger partial charge in [-0.15, -0.1) is 0 Å². The molecule has 0 aliphatic rings. The molecule has 1 aromatic heterocycles. The van der Waals surface area contributed by atoms with Gasteiger partial charge in [0.05, 0.1) is 40.1 Å². The van der Waals surface area contributed by atoms with E-state index in [1.165, 1.54) is 7.11 Å². The zero-order valence-corrected chi connectivity index (χ0v) is 15.4. The zero-order valence-electron chi connectivity index (χ0n) is 15.4. The number of phenolic OH excluding ortho intramolecular Hbond substituents is 1. The van der Waals surface area contributed by atoms with Crippen molar-refractivity contribution in [3.8, 4) is 40.1 Å². The summed E-state index contributed by atoms with van der Waals surface area (Å²) in [5, 5.41) is 10.9. The second-order valence-corrected chi connectivity index (χ2v) is 5.68. The van der Waals surface area contributed by atoms with Gasteiger partial charge in [0.2, 0.25) is 5.75 Å². The van der Waals surface area contributed by atoms with E-state index in [1.54, 1.807) is 39.5 Å². The smallest absolute Gasteiger partial charge is 0.402 e. The molecular weight excluding hydrogens is 336 g/mol. The lowest BCUT2D eigenvalue weighted by Gasteiger charge is -2.10. The SMILES string of the molecule is COc1cc(O)c2c(C)c(OC)c(-c3ccc(OC)c(OC)c3)[o+]c2c1. The van der Waals surface area contributed by atoms with E-state index in [0.717, 1.165) is 11.1 Å². The van der Waals surface area contributed by atoms with Crippen LogP contribution in [0.15, 0.2) is 34.7 Å². The molecule has 0 fully saturated rings. The van der Waals surface area contributed by atoms with Crippen molar-refractivity contribution in [2.24, 2.45) is 0 Å². The number of hydrogen-bond donors (Lipinski definition) is 1. The molecule has 3 aromatic rings. The van der Waals surface area contributed by atoms with E-state index in [2.05, 4.69) is 0 Å². The van der Waals surface area contributed by atoms with E-state index in [9.17, 15) is 5.11 Å². The molecule has 136 valence electrons. The van der Waals surface area contributed by atoms with E-state index in [0.29, 0.717) is 39.7 Å². The summed E-state index contributed by atoms with van der Waals surface area (Å²) in [7, 11) is 6.25. The summed E-state index contributed by atoms with van der Waals surface area (Å²) in [6.07, 6.45) is 0. The first kappa shape index (κ1) is 17.7. The highest BCUT2D eigenvalue weighted by Crippen LogP contribution is 2.44. The monoisotopic (exact) mass is 357 g/mol. The van der Waals surface area contributed by atoms with Gasteiger partial charge >= 0.3 is 11.3 Å². The van der Waals surface area contributed by atoms with Crippen molar-refractivity contribution in [1.29, 1.82) is 0 Å². The van der Waals surface area contributed by atoms with Crippen LogP contribution in [0.1, 0.15) is 5.56 Å². The molecule has 1 heterocycles. The molecule has 2 aromatic carbocycles. The molecule has 0 spiro atoms. The first-order valence-corrected chi connectivity index (χ1v) is 7.97. The minimum Gasteiger partial charge on any atom is -0.507 e. The number of phenols is 1. The lowest BCUT2D eigenvalue weighted by molar-refractivity contribution is 0.355. The van der Waals surface area contributed by atoms with Crippen LogP contribution in [0.5, 0.6) is 28.7 Å². The van der Waals surface area contributed by atoms with Crippen molar-refractivity contribution in [3.05, 3.63) is 35.9 Å². The van der Waals surface area contributed by atoms with E-state index in [1.807, 2.05) is 19.1 Å². The Bertz CT molecular complexity index is 964. The van der Waals surface area contributed by atoms with Gasteiger partial charge in [0.25, 0.3) is 0 Å². The predicted octanol–water partition coefficient (Wildman–Crippen LogP) is 4.43.